The molecule has 0 unspecified atom stereocenters. The van der Waals surface area contributed by atoms with Gasteiger partial charge in [0.15, 0.2) is 0 Å². The lowest BCUT2D eigenvalue weighted by molar-refractivity contribution is -0.123. The summed E-state index contributed by atoms with van der Waals surface area (Å²) in [6.07, 6.45) is -2.99. The van der Waals surface area contributed by atoms with Gasteiger partial charge in [-0.2, -0.15) is 13.2 Å². The molecule has 1 heterocycles. The molecule has 0 fully saturated rings. The molecule has 0 bridgehead atoms. The molecule has 82 valence electrons. The Morgan fingerprint density at radius 1 is 1.53 bits per heavy atom. The number of nitrogens with zero attached hydrogens (tertiary/aromatic N) is 1. The number of alkyl halides is 3. The molecule has 1 aromatic rings. The number of aromatic nitrogens is 1. The first-order valence-corrected chi connectivity index (χ1v) is 4.65. The second kappa shape index (κ2) is 4.61. The summed E-state index contributed by atoms with van der Waals surface area (Å²) in [5.41, 5.74) is 0.0711. The number of halogens is 4. The van der Waals surface area contributed by atoms with Crippen molar-refractivity contribution in [3.8, 4) is 0 Å². The molecule has 1 amide bonds. The average Bonchev–Trinajstić information content (AvgIpc) is 2.14. The highest BCUT2D eigenvalue weighted by atomic mass is 79.9. The van der Waals surface area contributed by atoms with E-state index in [9.17, 15) is 18.0 Å². The smallest absolute Gasteiger partial charge is 0.343 e. The van der Waals surface area contributed by atoms with Gasteiger partial charge in [0.05, 0.1) is 5.56 Å². The van der Waals surface area contributed by atoms with Crippen molar-refractivity contribution in [2.45, 2.75) is 6.18 Å². The Kier molecular flexibility index (Phi) is 3.67. The zero-order valence-electron chi connectivity index (χ0n) is 7.31. The topological polar surface area (TPSA) is 42.0 Å². The number of hydrogen-bond donors (Lipinski definition) is 1. The van der Waals surface area contributed by atoms with Gasteiger partial charge in [0, 0.05) is 6.20 Å². The van der Waals surface area contributed by atoms with Crippen LogP contribution < -0.4 is 5.32 Å². The van der Waals surface area contributed by atoms with Gasteiger partial charge in [-0.1, -0.05) is 0 Å². The number of amides is 1. The van der Waals surface area contributed by atoms with E-state index in [-0.39, 0.29) is 10.2 Å². The maximum absolute atomic E-state index is 11.8. The van der Waals surface area contributed by atoms with Crippen LogP contribution in [0.15, 0.2) is 22.9 Å². The molecule has 1 N–H and O–H groups in total. The lowest BCUT2D eigenvalue weighted by Crippen LogP contribution is -2.33. The second-order valence-corrected chi connectivity index (χ2v) is 3.39. The minimum Gasteiger partial charge on any atom is -0.343 e. The lowest BCUT2D eigenvalue weighted by Gasteiger charge is -2.08. The lowest BCUT2D eigenvalue weighted by atomic mass is 10.3. The van der Waals surface area contributed by atoms with E-state index in [0.717, 1.165) is 0 Å². The first-order valence-electron chi connectivity index (χ1n) is 3.85. The zero-order chi connectivity index (χ0) is 11.5. The van der Waals surface area contributed by atoms with Crippen LogP contribution in [0, 0.1) is 0 Å². The Morgan fingerprint density at radius 3 is 2.73 bits per heavy atom. The summed E-state index contributed by atoms with van der Waals surface area (Å²) in [4.78, 5) is 15.0. The van der Waals surface area contributed by atoms with Crippen molar-refractivity contribution in [1.82, 2.24) is 10.3 Å². The SMILES string of the molecule is O=C(NCC(F)(F)F)c1cccnc1Br. The van der Waals surface area contributed by atoms with E-state index < -0.39 is 18.6 Å². The van der Waals surface area contributed by atoms with Crippen molar-refractivity contribution in [3.63, 3.8) is 0 Å². The second-order valence-electron chi connectivity index (χ2n) is 2.64. The molecular weight excluding hydrogens is 277 g/mol. The molecule has 0 aliphatic carbocycles. The van der Waals surface area contributed by atoms with Gasteiger partial charge in [0.2, 0.25) is 0 Å². The molecule has 15 heavy (non-hydrogen) atoms. The van der Waals surface area contributed by atoms with Gasteiger partial charge in [-0.05, 0) is 28.1 Å². The molecular formula is C8H6BrF3N2O. The fourth-order valence-corrected chi connectivity index (χ4v) is 1.26. The average molecular weight is 283 g/mol. The molecule has 0 saturated heterocycles. The van der Waals surface area contributed by atoms with Crippen molar-refractivity contribution in [1.29, 1.82) is 0 Å². The molecule has 0 atom stereocenters. The van der Waals surface area contributed by atoms with Gasteiger partial charge in [-0.15, -0.1) is 0 Å². The van der Waals surface area contributed by atoms with Crippen LogP contribution in [0.2, 0.25) is 0 Å². The number of carbonyl (C=O) groups excluding carboxylic acids is 1. The van der Waals surface area contributed by atoms with Gasteiger partial charge in [0.1, 0.15) is 11.1 Å². The fourth-order valence-electron chi connectivity index (χ4n) is 0.831. The molecule has 1 rings (SSSR count). The third kappa shape index (κ3) is 3.86. The van der Waals surface area contributed by atoms with Gasteiger partial charge in [0.25, 0.3) is 5.91 Å². The van der Waals surface area contributed by atoms with Crippen LogP contribution >= 0.6 is 15.9 Å². The van der Waals surface area contributed by atoms with Crippen LogP contribution in [-0.4, -0.2) is 23.6 Å². The number of rotatable bonds is 2. The monoisotopic (exact) mass is 282 g/mol. The van der Waals surface area contributed by atoms with Crippen LogP contribution in [0.5, 0.6) is 0 Å². The van der Waals surface area contributed by atoms with E-state index in [1.54, 1.807) is 5.32 Å². The van der Waals surface area contributed by atoms with Crippen molar-refractivity contribution in [3.05, 3.63) is 28.5 Å². The molecule has 1 aromatic heterocycles. The number of pyridine rings is 1. The molecule has 0 aliphatic rings. The van der Waals surface area contributed by atoms with Crippen molar-refractivity contribution in [2.75, 3.05) is 6.54 Å². The first kappa shape index (κ1) is 12.0. The Hall–Kier alpha value is -1.11. The summed E-state index contributed by atoms with van der Waals surface area (Å²) in [6.45, 7) is -1.35. The summed E-state index contributed by atoms with van der Waals surface area (Å²) in [5.74, 6) is -0.813. The van der Waals surface area contributed by atoms with Crippen LogP contribution in [0.3, 0.4) is 0 Å². The normalized spacial score (nSPS) is 11.2. The zero-order valence-corrected chi connectivity index (χ0v) is 8.89. The molecule has 3 nitrogen and oxygen atoms in total. The maximum Gasteiger partial charge on any atom is 0.405 e. The Bertz CT molecular complexity index is 367. The van der Waals surface area contributed by atoms with Crippen molar-refractivity contribution in [2.24, 2.45) is 0 Å². The molecule has 0 radical (unpaired) electrons. The molecule has 0 aliphatic heterocycles. The highest BCUT2D eigenvalue weighted by molar-refractivity contribution is 9.10. The van der Waals surface area contributed by atoms with E-state index >= 15 is 0 Å². The van der Waals surface area contributed by atoms with E-state index in [0.29, 0.717) is 0 Å². The van der Waals surface area contributed by atoms with E-state index in [4.69, 9.17) is 0 Å². The van der Waals surface area contributed by atoms with Crippen molar-refractivity contribution >= 4 is 21.8 Å². The summed E-state index contributed by atoms with van der Waals surface area (Å²) in [6, 6.07) is 2.84. The van der Waals surface area contributed by atoms with Gasteiger partial charge in [-0.25, -0.2) is 4.98 Å². The fraction of sp³-hybridized carbons (Fsp3) is 0.250. The van der Waals surface area contributed by atoms with E-state index in [1.165, 1.54) is 18.3 Å². The third-order valence-electron chi connectivity index (χ3n) is 1.45. The van der Waals surface area contributed by atoms with Crippen LogP contribution in [0.1, 0.15) is 10.4 Å². The highest BCUT2D eigenvalue weighted by Crippen LogP contribution is 2.15. The van der Waals surface area contributed by atoms with Gasteiger partial charge in [-0.3, -0.25) is 4.79 Å². The van der Waals surface area contributed by atoms with Crippen LogP contribution in [0.4, 0.5) is 13.2 Å². The molecule has 0 spiro atoms. The maximum atomic E-state index is 11.8. The van der Waals surface area contributed by atoms with Gasteiger partial charge < -0.3 is 5.32 Å². The Balaban J connectivity index is 2.66. The number of carbonyl (C=O) groups is 1. The summed E-state index contributed by atoms with van der Waals surface area (Å²) >= 11 is 2.96. The number of hydrogen-bond acceptors (Lipinski definition) is 2. The quantitative estimate of drug-likeness (QED) is 0.845. The van der Waals surface area contributed by atoms with Gasteiger partial charge >= 0.3 is 6.18 Å². The minimum absolute atomic E-state index is 0.0711. The predicted molar refractivity (Wildman–Crippen MR) is 50.3 cm³/mol. The van der Waals surface area contributed by atoms with E-state index in [2.05, 4.69) is 20.9 Å². The Labute approximate surface area is 91.8 Å². The van der Waals surface area contributed by atoms with Crippen LogP contribution in [0.25, 0.3) is 0 Å². The van der Waals surface area contributed by atoms with Crippen LogP contribution in [-0.2, 0) is 0 Å². The van der Waals surface area contributed by atoms with E-state index in [1.807, 2.05) is 0 Å². The molecule has 7 heteroatoms. The highest BCUT2D eigenvalue weighted by Gasteiger charge is 2.28. The molecule has 0 aromatic carbocycles. The summed E-state index contributed by atoms with van der Waals surface area (Å²) in [7, 11) is 0. The number of nitrogens with one attached hydrogen (secondary N) is 1. The first-order chi connectivity index (χ1) is 6.90. The molecule has 0 saturated carbocycles. The minimum atomic E-state index is -4.41. The third-order valence-corrected chi connectivity index (χ3v) is 2.09. The summed E-state index contributed by atoms with van der Waals surface area (Å²) in [5, 5.41) is 1.75. The predicted octanol–water partition coefficient (Wildman–Crippen LogP) is 2.14. The Morgan fingerprint density at radius 2 is 2.20 bits per heavy atom. The van der Waals surface area contributed by atoms with Crippen molar-refractivity contribution < 1.29 is 18.0 Å². The largest absolute Gasteiger partial charge is 0.405 e. The standard InChI is InChI=1S/C8H6BrF3N2O/c9-6-5(2-1-3-13-6)7(15)14-4-8(10,11)12/h1-3H,4H2,(H,14,15). The summed E-state index contributed by atoms with van der Waals surface area (Å²) < 4.78 is 35.6.